The SMILES string of the molecule is Cc1ccc(CNC(=O)c2ccc3c(c2)N(C)C2CCCCN2C3=O)cc1C. The Kier molecular flexibility index (Phi) is 4.84. The van der Waals surface area contributed by atoms with Crippen molar-refractivity contribution in [3.8, 4) is 0 Å². The number of fused-ring (bicyclic) bond motifs is 2. The van der Waals surface area contributed by atoms with E-state index in [0.29, 0.717) is 17.7 Å². The maximum Gasteiger partial charge on any atom is 0.257 e. The molecular weight excluding hydrogens is 350 g/mol. The molecule has 2 aromatic rings. The summed E-state index contributed by atoms with van der Waals surface area (Å²) in [7, 11) is 2.02. The molecule has 1 fully saturated rings. The Morgan fingerprint density at radius 2 is 1.93 bits per heavy atom. The van der Waals surface area contributed by atoms with Crippen LogP contribution in [0.1, 0.15) is 56.7 Å². The fourth-order valence-corrected chi connectivity index (χ4v) is 4.21. The molecule has 0 saturated carbocycles. The molecule has 2 aliphatic heterocycles. The van der Waals surface area contributed by atoms with Gasteiger partial charge in [0, 0.05) is 25.7 Å². The van der Waals surface area contributed by atoms with E-state index in [9.17, 15) is 9.59 Å². The number of benzene rings is 2. The second-order valence-electron chi connectivity index (χ2n) is 7.92. The van der Waals surface area contributed by atoms with Crippen LogP contribution >= 0.6 is 0 Å². The highest BCUT2D eigenvalue weighted by Crippen LogP contribution is 2.34. The van der Waals surface area contributed by atoms with Crippen LogP contribution in [0.25, 0.3) is 0 Å². The highest BCUT2D eigenvalue weighted by molar-refractivity contribution is 6.04. The van der Waals surface area contributed by atoms with Crippen molar-refractivity contribution in [2.24, 2.45) is 0 Å². The van der Waals surface area contributed by atoms with Gasteiger partial charge in [-0.1, -0.05) is 18.2 Å². The zero-order chi connectivity index (χ0) is 19.8. The fourth-order valence-electron chi connectivity index (χ4n) is 4.21. The quantitative estimate of drug-likeness (QED) is 0.889. The second-order valence-corrected chi connectivity index (χ2v) is 7.92. The molecule has 28 heavy (non-hydrogen) atoms. The summed E-state index contributed by atoms with van der Waals surface area (Å²) in [6, 6.07) is 11.6. The largest absolute Gasteiger partial charge is 0.354 e. The van der Waals surface area contributed by atoms with Gasteiger partial charge in [-0.2, -0.15) is 0 Å². The van der Waals surface area contributed by atoms with Crippen LogP contribution in [0.15, 0.2) is 36.4 Å². The first-order chi connectivity index (χ1) is 13.5. The normalized spacial score (nSPS) is 18.5. The molecule has 0 aliphatic carbocycles. The maximum absolute atomic E-state index is 12.8. The van der Waals surface area contributed by atoms with Crippen LogP contribution in [0.2, 0.25) is 0 Å². The molecule has 1 N–H and O–H groups in total. The van der Waals surface area contributed by atoms with Crippen LogP contribution in [0.5, 0.6) is 0 Å². The van der Waals surface area contributed by atoms with E-state index in [1.54, 1.807) is 12.1 Å². The van der Waals surface area contributed by atoms with Crippen molar-refractivity contribution in [2.45, 2.75) is 45.8 Å². The van der Waals surface area contributed by atoms with Crippen LogP contribution in [-0.4, -0.2) is 36.5 Å². The summed E-state index contributed by atoms with van der Waals surface area (Å²) < 4.78 is 0. The summed E-state index contributed by atoms with van der Waals surface area (Å²) >= 11 is 0. The minimum absolute atomic E-state index is 0.0832. The molecule has 5 heteroatoms. The van der Waals surface area contributed by atoms with Gasteiger partial charge >= 0.3 is 0 Å². The van der Waals surface area contributed by atoms with Crippen LogP contribution in [-0.2, 0) is 6.54 Å². The van der Waals surface area contributed by atoms with Crippen LogP contribution in [0.4, 0.5) is 5.69 Å². The number of piperidine rings is 1. The Bertz CT molecular complexity index is 937. The number of amides is 2. The van der Waals surface area contributed by atoms with Gasteiger partial charge < -0.3 is 15.1 Å². The van der Waals surface area contributed by atoms with Crippen molar-refractivity contribution in [1.82, 2.24) is 10.2 Å². The highest BCUT2D eigenvalue weighted by atomic mass is 16.2. The second kappa shape index (κ2) is 7.30. The maximum atomic E-state index is 12.8. The van der Waals surface area contributed by atoms with Gasteiger partial charge in [0.15, 0.2) is 0 Å². The van der Waals surface area contributed by atoms with Crippen molar-refractivity contribution >= 4 is 17.5 Å². The number of aryl methyl sites for hydroxylation is 2. The van der Waals surface area contributed by atoms with Crippen molar-refractivity contribution in [3.05, 3.63) is 64.2 Å². The van der Waals surface area contributed by atoms with Gasteiger partial charge in [-0.15, -0.1) is 0 Å². The number of carbonyl (C=O) groups is 2. The fraction of sp³-hybridized carbons (Fsp3) is 0.391. The van der Waals surface area contributed by atoms with Crippen LogP contribution < -0.4 is 10.2 Å². The molecule has 0 aromatic heterocycles. The summed E-state index contributed by atoms with van der Waals surface area (Å²) in [5.74, 6) is -0.0344. The number of nitrogens with zero attached hydrogens (tertiary/aromatic N) is 2. The standard InChI is InChI=1S/C23H27N3O2/c1-15-7-8-17(12-16(15)2)14-24-22(27)18-9-10-19-20(13-18)25(3)21-6-4-5-11-26(21)23(19)28/h7-10,12-13,21H,4-6,11,14H2,1-3H3,(H,24,27). The number of hydrogen-bond donors (Lipinski definition) is 1. The summed E-state index contributed by atoms with van der Waals surface area (Å²) in [5, 5.41) is 3.00. The lowest BCUT2D eigenvalue weighted by Crippen LogP contribution is -2.55. The lowest BCUT2D eigenvalue weighted by atomic mass is 9.97. The Morgan fingerprint density at radius 3 is 2.71 bits per heavy atom. The van der Waals surface area contributed by atoms with E-state index in [2.05, 4.69) is 36.2 Å². The lowest BCUT2D eigenvalue weighted by molar-refractivity contribution is 0.0589. The van der Waals surface area contributed by atoms with E-state index in [1.165, 1.54) is 11.1 Å². The third-order valence-corrected chi connectivity index (χ3v) is 6.07. The van der Waals surface area contributed by atoms with Gasteiger partial charge in [-0.05, 0) is 68.0 Å². The van der Waals surface area contributed by atoms with E-state index in [4.69, 9.17) is 0 Å². The molecule has 0 radical (unpaired) electrons. The highest BCUT2D eigenvalue weighted by Gasteiger charge is 2.37. The number of anilines is 1. The monoisotopic (exact) mass is 377 g/mol. The van der Waals surface area contributed by atoms with Crippen LogP contribution in [0, 0.1) is 13.8 Å². The average Bonchev–Trinajstić information content (AvgIpc) is 2.72. The van der Waals surface area contributed by atoms with E-state index in [0.717, 1.165) is 37.1 Å². The molecule has 146 valence electrons. The molecule has 1 unspecified atom stereocenters. The van der Waals surface area contributed by atoms with Gasteiger partial charge in [0.25, 0.3) is 11.8 Å². The molecular formula is C23H27N3O2. The molecule has 2 amide bonds. The first-order valence-corrected chi connectivity index (χ1v) is 9.98. The number of nitrogens with one attached hydrogen (secondary N) is 1. The van der Waals surface area contributed by atoms with Gasteiger partial charge in [0.1, 0.15) is 6.17 Å². The molecule has 2 heterocycles. The summed E-state index contributed by atoms with van der Waals surface area (Å²) in [5.41, 5.74) is 5.68. The predicted molar refractivity (Wildman–Crippen MR) is 111 cm³/mol. The van der Waals surface area contributed by atoms with Crippen molar-refractivity contribution in [3.63, 3.8) is 0 Å². The van der Waals surface area contributed by atoms with Gasteiger partial charge in [-0.25, -0.2) is 0 Å². The van der Waals surface area contributed by atoms with Gasteiger partial charge in [0.2, 0.25) is 0 Å². The third-order valence-electron chi connectivity index (χ3n) is 6.07. The molecule has 4 rings (SSSR count). The minimum atomic E-state index is -0.118. The van der Waals surface area contributed by atoms with E-state index in [-0.39, 0.29) is 18.0 Å². The zero-order valence-electron chi connectivity index (χ0n) is 16.8. The van der Waals surface area contributed by atoms with Crippen molar-refractivity contribution in [1.29, 1.82) is 0 Å². The summed E-state index contributed by atoms with van der Waals surface area (Å²) in [4.78, 5) is 29.7. The number of rotatable bonds is 3. The van der Waals surface area contributed by atoms with E-state index >= 15 is 0 Å². The Labute approximate surface area is 166 Å². The summed E-state index contributed by atoms with van der Waals surface area (Å²) in [6.07, 6.45) is 3.27. The zero-order valence-corrected chi connectivity index (χ0v) is 16.8. The third kappa shape index (κ3) is 3.26. The average molecular weight is 377 g/mol. The van der Waals surface area contributed by atoms with Crippen molar-refractivity contribution < 1.29 is 9.59 Å². The smallest absolute Gasteiger partial charge is 0.257 e. The first-order valence-electron chi connectivity index (χ1n) is 9.98. The Balaban J connectivity index is 1.53. The number of carbonyl (C=O) groups excluding carboxylic acids is 2. The molecule has 2 aromatic carbocycles. The number of hydrogen-bond acceptors (Lipinski definition) is 3. The topological polar surface area (TPSA) is 52.7 Å². The Hall–Kier alpha value is -2.82. The molecule has 0 bridgehead atoms. The van der Waals surface area contributed by atoms with E-state index in [1.807, 2.05) is 24.1 Å². The lowest BCUT2D eigenvalue weighted by Gasteiger charge is -2.46. The summed E-state index contributed by atoms with van der Waals surface area (Å²) in [6.45, 7) is 5.45. The first kappa shape index (κ1) is 18.5. The van der Waals surface area contributed by atoms with Gasteiger partial charge in [0.05, 0.1) is 11.3 Å². The molecule has 5 nitrogen and oxygen atoms in total. The van der Waals surface area contributed by atoms with Crippen molar-refractivity contribution in [2.75, 3.05) is 18.5 Å². The van der Waals surface area contributed by atoms with Crippen LogP contribution in [0.3, 0.4) is 0 Å². The molecule has 2 aliphatic rings. The molecule has 1 atom stereocenters. The van der Waals surface area contributed by atoms with Gasteiger partial charge in [-0.3, -0.25) is 9.59 Å². The molecule has 1 saturated heterocycles. The minimum Gasteiger partial charge on any atom is -0.354 e. The molecule has 0 spiro atoms. The Morgan fingerprint density at radius 1 is 1.11 bits per heavy atom. The van der Waals surface area contributed by atoms with E-state index < -0.39 is 0 Å². The predicted octanol–water partition coefficient (Wildman–Crippen LogP) is 3.64.